The van der Waals surface area contributed by atoms with Gasteiger partial charge in [0.05, 0.1) is 10.5 Å². The predicted octanol–water partition coefficient (Wildman–Crippen LogP) is 4.27. The van der Waals surface area contributed by atoms with Gasteiger partial charge in [-0.25, -0.2) is 0 Å². The second-order valence-corrected chi connectivity index (χ2v) is 6.99. The summed E-state index contributed by atoms with van der Waals surface area (Å²) < 4.78 is 10.5. The molecule has 1 N–H and O–H groups in total. The lowest BCUT2D eigenvalue weighted by Crippen LogP contribution is -2.35. The molecule has 2 aromatic rings. The Morgan fingerprint density at radius 2 is 1.52 bits per heavy atom. The Hall–Kier alpha value is -1.58. The van der Waals surface area contributed by atoms with Crippen molar-refractivity contribution in [2.24, 2.45) is 4.99 Å². The Morgan fingerprint density at radius 3 is 1.90 bits per heavy atom. The van der Waals surface area contributed by atoms with Gasteiger partial charge in [-0.15, -0.1) is 11.2 Å². The minimum atomic E-state index is -1.12. The molecule has 0 amide bonds. The van der Waals surface area contributed by atoms with Crippen molar-refractivity contribution in [1.82, 2.24) is 0 Å². The number of aliphatic imine (C=N–C) groups is 1. The Morgan fingerprint density at radius 1 is 1.00 bits per heavy atom. The first kappa shape index (κ1) is 14.4. The van der Waals surface area contributed by atoms with Crippen LogP contribution in [0.5, 0.6) is 0 Å². The molecule has 0 aromatic heterocycles. The third-order valence-corrected chi connectivity index (χ3v) is 5.90. The lowest BCUT2D eigenvalue weighted by atomic mass is 9.73. The number of hydrogen-bond donors (Lipinski definition) is 2. The summed E-state index contributed by atoms with van der Waals surface area (Å²) in [5.41, 5.74) is 2.15. The Labute approximate surface area is 129 Å². The molecule has 1 aliphatic rings. The topological polar surface area (TPSA) is 32.6 Å². The van der Waals surface area contributed by atoms with E-state index in [4.69, 9.17) is 4.99 Å². The molecule has 0 radical (unpaired) electrons. The Kier molecular flexibility index (Phi) is 4.13. The predicted molar refractivity (Wildman–Crippen MR) is 92.7 cm³/mol. The van der Waals surface area contributed by atoms with Crippen LogP contribution in [-0.4, -0.2) is 21.9 Å². The molecule has 3 rings (SSSR count). The summed E-state index contributed by atoms with van der Waals surface area (Å²) in [4.78, 5) is 4.71. The number of nitrogens with zero attached hydrogens (tertiary/aromatic N) is 1. The van der Waals surface area contributed by atoms with E-state index in [1.54, 1.807) is 0 Å². The molecule has 0 bridgehead atoms. The fourth-order valence-electron chi connectivity index (χ4n) is 3.23. The molecule has 0 saturated carbocycles. The molecule has 0 spiro atoms. The van der Waals surface area contributed by atoms with Crippen LogP contribution in [-0.2, 0) is 5.41 Å². The Balaban J connectivity index is 2.23. The number of rotatable bonds is 4. The van der Waals surface area contributed by atoms with E-state index >= 15 is 0 Å². The number of thiol groups is 1. The van der Waals surface area contributed by atoms with E-state index in [0.717, 1.165) is 23.8 Å². The van der Waals surface area contributed by atoms with E-state index in [9.17, 15) is 4.55 Å². The molecule has 110 valence electrons. The highest BCUT2D eigenvalue weighted by Crippen LogP contribution is 2.46. The molecule has 1 aliphatic heterocycles. The molecule has 0 aliphatic carbocycles. The molecule has 1 heterocycles. The van der Waals surface area contributed by atoms with Gasteiger partial charge >= 0.3 is 0 Å². The largest absolute Gasteiger partial charge is 0.349 e. The van der Waals surface area contributed by atoms with E-state index in [0.29, 0.717) is 0 Å². The quantitative estimate of drug-likeness (QED) is 0.812. The highest BCUT2D eigenvalue weighted by atomic mass is 32.2. The SMILES string of the molecule is CCC(C1=NCC[SH]1O)(c1ccccc1)c1ccccc1. The molecular weight excluding hydrogens is 278 g/mol. The standard InChI is InChI=1S/C18H21NOS/c1-2-18(15-9-5-3-6-10-15,16-11-7-4-8-12-16)17-19-13-14-21(17)20/h3-12,20-21H,2,13-14H2,1H3. The molecule has 1 unspecified atom stereocenters. The maximum absolute atomic E-state index is 10.5. The zero-order chi connectivity index (χ0) is 14.7. The molecule has 0 fully saturated rings. The van der Waals surface area contributed by atoms with Crippen LogP contribution in [0, 0.1) is 0 Å². The van der Waals surface area contributed by atoms with Gasteiger partial charge in [-0.3, -0.25) is 4.99 Å². The summed E-state index contributed by atoms with van der Waals surface area (Å²) >= 11 is -1.12. The monoisotopic (exact) mass is 299 g/mol. The summed E-state index contributed by atoms with van der Waals surface area (Å²) in [6.07, 6.45) is 0.902. The van der Waals surface area contributed by atoms with Crippen molar-refractivity contribution in [3.05, 3.63) is 71.8 Å². The Bertz CT molecular complexity index is 585. The highest BCUT2D eigenvalue weighted by molar-refractivity contribution is 8.26. The van der Waals surface area contributed by atoms with Crippen LogP contribution in [0.2, 0.25) is 0 Å². The highest BCUT2D eigenvalue weighted by Gasteiger charge is 2.41. The second kappa shape index (κ2) is 6.04. The van der Waals surface area contributed by atoms with Gasteiger partial charge in [0, 0.05) is 12.3 Å². The summed E-state index contributed by atoms with van der Waals surface area (Å²) in [7, 11) is 0. The minimum Gasteiger partial charge on any atom is -0.349 e. The summed E-state index contributed by atoms with van der Waals surface area (Å²) in [5, 5.41) is 0.984. The fourth-order valence-corrected chi connectivity index (χ4v) is 4.85. The first-order valence-corrected chi connectivity index (χ1v) is 8.89. The van der Waals surface area contributed by atoms with Gasteiger partial charge in [-0.1, -0.05) is 67.6 Å². The summed E-state index contributed by atoms with van der Waals surface area (Å²) in [6.45, 7) is 2.93. The van der Waals surface area contributed by atoms with Crippen molar-refractivity contribution in [2.45, 2.75) is 18.8 Å². The molecule has 3 heteroatoms. The second-order valence-electron chi connectivity index (χ2n) is 5.32. The lowest BCUT2D eigenvalue weighted by Gasteiger charge is -2.36. The summed E-state index contributed by atoms with van der Waals surface area (Å²) in [6, 6.07) is 21.0. The van der Waals surface area contributed by atoms with Gasteiger partial charge < -0.3 is 4.55 Å². The average Bonchev–Trinajstić information content (AvgIpc) is 2.98. The average molecular weight is 299 g/mol. The molecule has 21 heavy (non-hydrogen) atoms. The van der Waals surface area contributed by atoms with Gasteiger partial charge in [-0.05, 0) is 17.5 Å². The van der Waals surface area contributed by atoms with Crippen LogP contribution < -0.4 is 0 Å². The molecule has 2 nitrogen and oxygen atoms in total. The van der Waals surface area contributed by atoms with Crippen molar-refractivity contribution < 1.29 is 4.55 Å². The van der Waals surface area contributed by atoms with E-state index in [1.165, 1.54) is 11.1 Å². The van der Waals surface area contributed by atoms with Crippen molar-refractivity contribution in [1.29, 1.82) is 0 Å². The third kappa shape index (κ3) is 2.41. The van der Waals surface area contributed by atoms with Crippen molar-refractivity contribution >= 4 is 16.2 Å². The van der Waals surface area contributed by atoms with Gasteiger partial charge in [0.25, 0.3) is 0 Å². The van der Waals surface area contributed by atoms with Gasteiger partial charge in [0.15, 0.2) is 0 Å². The van der Waals surface area contributed by atoms with Crippen LogP contribution in [0.4, 0.5) is 0 Å². The van der Waals surface area contributed by atoms with Gasteiger partial charge in [0.1, 0.15) is 0 Å². The van der Waals surface area contributed by atoms with E-state index in [2.05, 4.69) is 55.5 Å². The zero-order valence-electron chi connectivity index (χ0n) is 12.2. The van der Waals surface area contributed by atoms with Crippen molar-refractivity contribution in [3.63, 3.8) is 0 Å². The summed E-state index contributed by atoms with van der Waals surface area (Å²) in [5.74, 6) is 0.798. The van der Waals surface area contributed by atoms with E-state index < -0.39 is 11.2 Å². The molecule has 2 aromatic carbocycles. The van der Waals surface area contributed by atoms with Crippen molar-refractivity contribution in [3.8, 4) is 0 Å². The van der Waals surface area contributed by atoms with E-state index in [1.807, 2.05) is 12.1 Å². The van der Waals surface area contributed by atoms with Crippen LogP contribution in [0.3, 0.4) is 0 Å². The van der Waals surface area contributed by atoms with Crippen LogP contribution in [0.15, 0.2) is 65.7 Å². The maximum Gasteiger partial charge on any atom is 0.0850 e. The lowest BCUT2D eigenvalue weighted by molar-refractivity contribution is 0.640. The third-order valence-electron chi connectivity index (χ3n) is 4.26. The van der Waals surface area contributed by atoms with Crippen molar-refractivity contribution in [2.75, 3.05) is 12.3 Å². The smallest absolute Gasteiger partial charge is 0.0850 e. The van der Waals surface area contributed by atoms with Crippen LogP contribution >= 0.6 is 11.2 Å². The number of benzene rings is 2. The van der Waals surface area contributed by atoms with Crippen LogP contribution in [0.1, 0.15) is 24.5 Å². The molecule has 0 saturated heterocycles. The van der Waals surface area contributed by atoms with E-state index in [-0.39, 0.29) is 5.41 Å². The normalized spacial score (nSPS) is 20.3. The minimum absolute atomic E-state index is 0.292. The van der Waals surface area contributed by atoms with Gasteiger partial charge in [0.2, 0.25) is 0 Å². The first-order valence-electron chi connectivity index (χ1n) is 7.41. The van der Waals surface area contributed by atoms with Gasteiger partial charge in [-0.2, -0.15) is 0 Å². The number of hydrogen-bond acceptors (Lipinski definition) is 2. The van der Waals surface area contributed by atoms with Crippen LogP contribution in [0.25, 0.3) is 0 Å². The molecule has 1 atom stereocenters. The maximum atomic E-state index is 10.5. The molecular formula is C18H21NOS. The zero-order valence-corrected chi connectivity index (χ0v) is 13.1. The first-order chi connectivity index (χ1) is 10.3. The fraction of sp³-hybridized carbons (Fsp3) is 0.278.